The molecule has 156 valence electrons. The van der Waals surface area contributed by atoms with Gasteiger partial charge in [0.25, 0.3) is 0 Å². The predicted molar refractivity (Wildman–Crippen MR) is 106 cm³/mol. The first-order chi connectivity index (χ1) is 13.9. The average molecular weight is 402 g/mol. The fraction of sp³-hybridized carbons (Fsp3) is 0.450. The molecule has 0 bridgehead atoms. The lowest BCUT2D eigenvalue weighted by Crippen LogP contribution is -2.53. The van der Waals surface area contributed by atoms with Crippen molar-refractivity contribution in [3.63, 3.8) is 0 Å². The van der Waals surface area contributed by atoms with Crippen molar-refractivity contribution in [1.82, 2.24) is 20.5 Å². The summed E-state index contributed by atoms with van der Waals surface area (Å²) in [5.41, 5.74) is 1.71. The zero-order chi connectivity index (χ0) is 20.8. The first-order valence-electron chi connectivity index (χ1n) is 9.61. The van der Waals surface area contributed by atoms with Gasteiger partial charge < -0.3 is 25.5 Å². The molecule has 2 aromatic rings. The first kappa shape index (κ1) is 20.8. The van der Waals surface area contributed by atoms with Crippen LogP contribution in [0.5, 0.6) is 0 Å². The summed E-state index contributed by atoms with van der Waals surface area (Å²) in [7, 11) is 0. The number of nitrogens with zero attached hydrogens (tertiary/aromatic N) is 1. The Bertz CT molecular complexity index is 875. The number of carboxylic acids is 1. The van der Waals surface area contributed by atoms with Crippen molar-refractivity contribution in [2.45, 2.75) is 25.4 Å². The zero-order valence-electron chi connectivity index (χ0n) is 16.3. The number of aromatic amines is 1. The molecule has 1 aliphatic rings. The number of fused-ring (bicyclic) bond motifs is 1. The van der Waals surface area contributed by atoms with Crippen molar-refractivity contribution in [2.75, 3.05) is 32.8 Å². The van der Waals surface area contributed by atoms with Crippen molar-refractivity contribution < 1.29 is 24.2 Å². The highest BCUT2D eigenvalue weighted by molar-refractivity contribution is 5.91. The third-order valence-corrected chi connectivity index (χ3v) is 4.96. The molecule has 3 rings (SSSR count). The maximum Gasteiger partial charge on any atom is 0.326 e. The number of nitrogens with one attached hydrogen (secondary N) is 3. The molecule has 29 heavy (non-hydrogen) atoms. The van der Waals surface area contributed by atoms with Crippen molar-refractivity contribution in [3.05, 3.63) is 36.0 Å². The van der Waals surface area contributed by atoms with Crippen LogP contribution in [-0.2, 0) is 25.5 Å². The Morgan fingerprint density at radius 1 is 1.21 bits per heavy atom. The molecule has 9 heteroatoms. The Kier molecular flexibility index (Phi) is 6.84. The molecule has 0 saturated carbocycles. The number of ether oxygens (including phenoxy) is 1. The van der Waals surface area contributed by atoms with E-state index in [4.69, 9.17) is 4.74 Å². The lowest BCUT2D eigenvalue weighted by atomic mass is 10.0. The van der Waals surface area contributed by atoms with Gasteiger partial charge in [-0.1, -0.05) is 18.2 Å². The quantitative estimate of drug-likeness (QED) is 0.497. The minimum Gasteiger partial charge on any atom is -0.480 e. The van der Waals surface area contributed by atoms with Gasteiger partial charge in [0.15, 0.2) is 0 Å². The third-order valence-electron chi connectivity index (χ3n) is 4.96. The molecule has 2 atom stereocenters. The molecule has 1 aromatic carbocycles. The topological polar surface area (TPSA) is 124 Å². The van der Waals surface area contributed by atoms with E-state index in [-0.39, 0.29) is 18.9 Å². The van der Waals surface area contributed by atoms with Crippen LogP contribution in [0.3, 0.4) is 0 Å². The fourth-order valence-electron chi connectivity index (χ4n) is 3.33. The van der Waals surface area contributed by atoms with Crippen LogP contribution in [0.2, 0.25) is 0 Å². The summed E-state index contributed by atoms with van der Waals surface area (Å²) in [6.07, 6.45) is 1.89. The van der Waals surface area contributed by atoms with E-state index in [9.17, 15) is 19.5 Å². The standard InChI is InChI=1S/C20H26N4O5/c1-13(22-18(25)12-24-6-8-29-9-7-24)19(26)23-17(20(27)28)10-14-11-21-16-5-3-2-4-15(14)16/h2-5,11,13,17,21H,6-10,12H2,1H3,(H,22,25)(H,23,26)(H,27,28). The van der Waals surface area contributed by atoms with Crippen LogP contribution in [0.25, 0.3) is 10.9 Å². The molecule has 9 nitrogen and oxygen atoms in total. The van der Waals surface area contributed by atoms with Gasteiger partial charge in [-0.25, -0.2) is 4.79 Å². The summed E-state index contributed by atoms with van der Waals surface area (Å²) < 4.78 is 5.24. The van der Waals surface area contributed by atoms with E-state index >= 15 is 0 Å². The molecule has 4 N–H and O–H groups in total. The van der Waals surface area contributed by atoms with Gasteiger partial charge in [0.1, 0.15) is 12.1 Å². The van der Waals surface area contributed by atoms with Crippen molar-refractivity contribution in [3.8, 4) is 0 Å². The molecule has 0 aliphatic carbocycles. The van der Waals surface area contributed by atoms with E-state index in [2.05, 4.69) is 15.6 Å². The molecular formula is C20H26N4O5. The maximum atomic E-state index is 12.4. The summed E-state index contributed by atoms with van der Waals surface area (Å²) in [5, 5.41) is 15.6. The van der Waals surface area contributed by atoms with Crippen molar-refractivity contribution in [1.29, 1.82) is 0 Å². The molecule has 1 fully saturated rings. The molecule has 2 unspecified atom stereocenters. The SMILES string of the molecule is CC(NC(=O)CN1CCOCC1)C(=O)NC(Cc1c[nH]c2ccccc12)C(=O)O. The molecular weight excluding hydrogens is 376 g/mol. The number of para-hydroxylation sites is 1. The number of amides is 2. The molecule has 0 radical (unpaired) electrons. The number of morpholine rings is 1. The second-order valence-corrected chi connectivity index (χ2v) is 7.14. The van der Waals surface area contributed by atoms with Crippen LogP contribution in [-0.4, -0.2) is 77.7 Å². The highest BCUT2D eigenvalue weighted by Crippen LogP contribution is 2.19. The normalized spacial score (nSPS) is 16.9. The third kappa shape index (κ3) is 5.55. The number of rotatable bonds is 8. The molecule has 0 spiro atoms. The van der Waals surface area contributed by atoms with Gasteiger partial charge >= 0.3 is 5.97 Å². The maximum absolute atomic E-state index is 12.4. The molecule has 1 saturated heterocycles. The fourth-order valence-corrected chi connectivity index (χ4v) is 3.33. The monoisotopic (exact) mass is 402 g/mol. The smallest absolute Gasteiger partial charge is 0.326 e. The van der Waals surface area contributed by atoms with E-state index < -0.39 is 24.0 Å². The van der Waals surface area contributed by atoms with Gasteiger partial charge in [-0.3, -0.25) is 14.5 Å². The number of hydrogen-bond acceptors (Lipinski definition) is 5. The first-order valence-corrected chi connectivity index (χ1v) is 9.61. The van der Waals surface area contributed by atoms with E-state index in [1.807, 2.05) is 29.2 Å². The number of carboxylic acid groups (broad SMARTS) is 1. The van der Waals surface area contributed by atoms with Crippen LogP contribution < -0.4 is 10.6 Å². The highest BCUT2D eigenvalue weighted by Gasteiger charge is 2.25. The van der Waals surface area contributed by atoms with Crippen LogP contribution >= 0.6 is 0 Å². The summed E-state index contributed by atoms with van der Waals surface area (Å²) in [6, 6.07) is 5.63. The van der Waals surface area contributed by atoms with Crippen LogP contribution in [0, 0.1) is 0 Å². The van der Waals surface area contributed by atoms with Gasteiger partial charge in [-0.2, -0.15) is 0 Å². The van der Waals surface area contributed by atoms with Crippen LogP contribution in [0.4, 0.5) is 0 Å². The Morgan fingerprint density at radius 2 is 1.93 bits per heavy atom. The van der Waals surface area contributed by atoms with E-state index in [0.717, 1.165) is 16.5 Å². The van der Waals surface area contributed by atoms with Gasteiger partial charge in [-0.05, 0) is 18.6 Å². The van der Waals surface area contributed by atoms with Gasteiger partial charge in [0, 0.05) is 36.6 Å². The molecule has 1 aromatic heterocycles. The van der Waals surface area contributed by atoms with Gasteiger partial charge in [0.05, 0.1) is 19.8 Å². The number of carbonyl (C=O) groups excluding carboxylic acids is 2. The predicted octanol–water partition coefficient (Wildman–Crippen LogP) is 0.117. The molecule has 1 aliphatic heterocycles. The largest absolute Gasteiger partial charge is 0.480 e. The van der Waals surface area contributed by atoms with E-state index in [1.54, 1.807) is 6.20 Å². The Morgan fingerprint density at radius 3 is 2.66 bits per heavy atom. The Hall–Kier alpha value is -2.91. The minimum absolute atomic E-state index is 0.138. The van der Waals surface area contributed by atoms with Crippen LogP contribution in [0.15, 0.2) is 30.5 Å². The molecule has 2 amide bonds. The number of hydrogen-bond donors (Lipinski definition) is 4. The lowest BCUT2D eigenvalue weighted by molar-refractivity contribution is -0.142. The Balaban J connectivity index is 1.55. The van der Waals surface area contributed by atoms with Gasteiger partial charge in [0.2, 0.25) is 11.8 Å². The van der Waals surface area contributed by atoms with Gasteiger partial charge in [-0.15, -0.1) is 0 Å². The highest BCUT2D eigenvalue weighted by atomic mass is 16.5. The zero-order valence-corrected chi connectivity index (χ0v) is 16.3. The lowest BCUT2D eigenvalue weighted by Gasteiger charge is -2.26. The summed E-state index contributed by atoms with van der Waals surface area (Å²) >= 11 is 0. The minimum atomic E-state index is -1.13. The number of aliphatic carboxylic acids is 1. The van der Waals surface area contributed by atoms with Crippen LogP contribution in [0.1, 0.15) is 12.5 Å². The van der Waals surface area contributed by atoms with E-state index in [0.29, 0.717) is 26.3 Å². The Labute approximate surface area is 168 Å². The molecule has 2 heterocycles. The summed E-state index contributed by atoms with van der Waals surface area (Å²) in [6.45, 7) is 4.21. The summed E-state index contributed by atoms with van der Waals surface area (Å²) in [4.78, 5) is 41.3. The van der Waals surface area contributed by atoms with Crippen molar-refractivity contribution in [2.24, 2.45) is 0 Å². The van der Waals surface area contributed by atoms with E-state index in [1.165, 1.54) is 6.92 Å². The number of aromatic nitrogens is 1. The number of carbonyl (C=O) groups is 3. The summed E-state index contributed by atoms with van der Waals surface area (Å²) in [5.74, 6) is -1.94. The van der Waals surface area contributed by atoms with Crippen molar-refractivity contribution >= 4 is 28.7 Å². The number of benzene rings is 1. The second-order valence-electron chi connectivity index (χ2n) is 7.14. The number of H-pyrrole nitrogens is 1. The second kappa shape index (κ2) is 9.53. The average Bonchev–Trinajstić information content (AvgIpc) is 3.11.